The fraction of sp³-hybridized carbons (Fsp3) is 0.833. The quantitative estimate of drug-likeness (QED) is 0.582. The van der Waals surface area contributed by atoms with Crippen LogP contribution in [0.2, 0.25) is 0 Å². The number of nitrogens with zero attached hydrogens (tertiary/aromatic N) is 1. The van der Waals surface area contributed by atoms with Crippen LogP contribution < -0.4 is 5.32 Å². The first-order valence-electron chi connectivity index (χ1n) is 3.11. The van der Waals surface area contributed by atoms with Crippen molar-refractivity contribution in [2.45, 2.75) is 12.5 Å². The summed E-state index contributed by atoms with van der Waals surface area (Å²) in [6, 6.07) is 2.61. The minimum absolute atomic E-state index is 0.453. The summed E-state index contributed by atoms with van der Waals surface area (Å²) in [7, 11) is 0. The minimum Gasteiger partial charge on any atom is -0.311 e. The first-order valence-corrected chi connectivity index (χ1v) is 4.27. The van der Waals surface area contributed by atoms with Gasteiger partial charge in [-0.15, -0.1) is 0 Å². The Bertz CT molecular complexity index is 113. The third-order valence-corrected chi connectivity index (χ3v) is 2.47. The predicted octanol–water partition coefficient (Wildman–Crippen LogP) is 0.605. The van der Waals surface area contributed by atoms with Crippen molar-refractivity contribution in [1.82, 2.24) is 5.32 Å². The zero-order chi connectivity index (χ0) is 6.53. The van der Waals surface area contributed by atoms with Crippen molar-refractivity contribution in [2.24, 2.45) is 0 Å². The summed E-state index contributed by atoms with van der Waals surface area (Å²) in [5.74, 6) is 2.30. The van der Waals surface area contributed by atoms with Gasteiger partial charge in [-0.3, -0.25) is 0 Å². The number of thioether (sulfide) groups is 1. The van der Waals surface area contributed by atoms with Crippen molar-refractivity contribution in [3.05, 3.63) is 0 Å². The van der Waals surface area contributed by atoms with Crippen LogP contribution in [0.25, 0.3) is 0 Å². The molecule has 0 radical (unpaired) electrons. The Morgan fingerprint density at radius 3 is 3.22 bits per heavy atom. The van der Waals surface area contributed by atoms with Gasteiger partial charge in [0.1, 0.15) is 0 Å². The Labute approximate surface area is 59.6 Å². The van der Waals surface area contributed by atoms with E-state index in [0.29, 0.717) is 12.5 Å². The molecule has 1 heterocycles. The summed E-state index contributed by atoms with van der Waals surface area (Å²) in [5, 5.41) is 11.6. The van der Waals surface area contributed by atoms with Gasteiger partial charge in [-0.25, -0.2) is 0 Å². The summed E-state index contributed by atoms with van der Waals surface area (Å²) in [5.41, 5.74) is 0. The molecule has 0 aliphatic carbocycles. The van der Waals surface area contributed by atoms with E-state index in [9.17, 15) is 0 Å². The maximum absolute atomic E-state index is 8.32. The number of nitriles is 1. The van der Waals surface area contributed by atoms with E-state index in [0.717, 1.165) is 12.3 Å². The van der Waals surface area contributed by atoms with Crippen LogP contribution in [-0.2, 0) is 0 Å². The van der Waals surface area contributed by atoms with E-state index < -0.39 is 0 Å². The van der Waals surface area contributed by atoms with Crippen LogP contribution in [0, 0.1) is 11.3 Å². The van der Waals surface area contributed by atoms with E-state index >= 15 is 0 Å². The Morgan fingerprint density at radius 1 is 1.78 bits per heavy atom. The molecule has 1 N–H and O–H groups in total. The van der Waals surface area contributed by atoms with Crippen LogP contribution in [0.15, 0.2) is 0 Å². The van der Waals surface area contributed by atoms with Gasteiger partial charge < -0.3 is 5.32 Å². The first-order chi connectivity index (χ1) is 4.43. The van der Waals surface area contributed by atoms with Gasteiger partial charge in [-0.2, -0.15) is 17.0 Å². The van der Waals surface area contributed by atoms with Gasteiger partial charge in [-0.05, 0) is 0 Å². The molecule has 1 atom stereocenters. The number of nitrogens with one attached hydrogen (secondary N) is 1. The third-order valence-electron chi connectivity index (χ3n) is 1.34. The molecular weight excluding hydrogens is 132 g/mol. The van der Waals surface area contributed by atoms with Crippen molar-refractivity contribution in [3.63, 3.8) is 0 Å². The molecule has 1 aliphatic heterocycles. The van der Waals surface area contributed by atoms with Crippen LogP contribution >= 0.6 is 11.8 Å². The second kappa shape index (κ2) is 3.76. The molecule has 0 saturated carbocycles. The Kier molecular flexibility index (Phi) is 2.88. The highest BCUT2D eigenvalue weighted by Gasteiger charge is 2.10. The SMILES string of the molecule is N#CCC1CSCCN1. The van der Waals surface area contributed by atoms with E-state index in [1.54, 1.807) is 0 Å². The number of rotatable bonds is 1. The lowest BCUT2D eigenvalue weighted by atomic mass is 10.2. The van der Waals surface area contributed by atoms with Crippen molar-refractivity contribution < 1.29 is 0 Å². The van der Waals surface area contributed by atoms with Crippen molar-refractivity contribution in [3.8, 4) is 6.07 Å². The summed E-state index contributed by atoms with van der Waals surface area (Å²) < 4.78 is 0. The zero-order valence-corrected chi connectivity index (χ0v) is 6.08. The minimum atomic E-state index is 0.453. The number of hydrogen-bond donors (Lipinski definition) is 1. The van der Waals surface area contributed by atoms with Gasteiger partial charge in [0.2, 0.25) is 0 Å². The fourth-order valence-corrected chi connectivity index (χ4v) is 1.81. The summed E-state index contributed by atoms with van der Waals surface area (Å²) in [6.45, 7) is 1.07. The van der Waals surface area contributed by atoms with E-state index in [4.69, 9.17) is 5.26 Å². The molecule has 0 aromatic rings. The Hall–Kier alpha value is -0.200. The molecule has 1 fully saturated rings. The highest BCUT2D eigenvalue weighted by molar-refractivity contribution is 7.99. The highest BCUT2D eigenvalue weighted by Crippen LogP contribution is 2.08. The molecule has 3 heteroatoms. The second-order valence-corrected chi connectivity index (χ2v) is 3.24. The molecule has 1 saturated heterocycles. The van der Waals surface area contributed by atoms with E-state index in [2.05, 4.69) is 11.4 Å². The molecule has 1 unspecified atom stereocenters. The lowest BCUT2D eigenvalue weighted by Crippen LogP contribution is -2.36. The standard InChI is InChI=1S/C6H10N2S/c7-2-1-6-5-9-4-3-8-6/h6,8H,1,3-5H2. The molecule has 0 aromatic carbocycles. The molecule has 2 nitrogen and oxygen atoms in total. The van der Waals surface area contributed by atoms with Crippen LogP contribution in [0.5, 0.6) is 0 Å². The first kappa shape index (κ1) is 6.91. The largest absolute Gasteiger partial charge is 0.311 e. The summed E-state index contributed by atoms with van der Waals surface area (Å²) >= 11 is 1.93. The van der Waals surface area contributed by atoms with Gasteiger partial charge >= 0.3 is 0 Å². The lowest BCUT2D eigenvalue weighted by molar-refractivity contribution is 0.576. The molecular formula is C6H10N2S. The fourth-order valence-electron chi connectivity index (χ4n) is 0.861. The normalized spacial score (nSPS) is 27.2. The molecule has 9 heavy (non-hydrogen) atoms. The van der Waals surface area contributed by atoms with E-state index in [1.165, 1.54) is 5.75 Å². The zero-order valence-electron chi connectivity index (χ0n) is 5.26. The Balaban J connectivity index is 2.17. The maximum Gasteiger partial charge on any atom is 0.0638 e. The molecule has 1 aliphatic rings. The smallest absolute Gasteiger partial charge is 0.0638 e. The molecule has 0 spiro atoms. The van der Waals surface area contributed by atoms with Crippen molar-refractivity contribution in [2.75, 3.05) is 18.1 Å². The van der Waals surface area contributed by atoms with E-state index in [-0.39, 0.29) is 0 Å². The maximum atomic E-state index is 8.32. The Morgan fingerprint density at radius 2 is 2.67 bits per heavy atom. The van der Waals surface area contributed by atoms with Crippen LogP contribution in [0.1, 0.15) is 6.42 Å². The predicted molar refractivity (Wildman–Crippen MR) is 39.3 cm³/mol. The van der Waals surface area contributed by atoms with Gasteiger partial charge in [0.05, 0.1) is 12.5 Å². The highest BCUT2D eigenvalue weighted by atomic mass is 32.2. The van der Waals surface area contributed by atoms with Crippen LogP contribution in [0.3, 0.4) is 0 Å². The average molecular weight is 142 g/mol. The van der Waals surface area contributed by atoms with Crippen LogP contribution in [-0.4, -0.2) is 24.1 Å². The van der Waals surface area contributed by atoms with Crippen molar-refractivity contribution in [1.29, 1.82) is 5.26 Å². The van der Waals surface area contributed by atoms with Crippen LogP contribution in [0.4, 0.5) is 0 Å². The molecule has 1 rings (SSSR count). The topological polar surface area (TPSA) is 35.8 Å². The summed E-state index contributed by atoms with van der Waals surface area (Å²) in [4.78, 5) is 0. The molecule has 50 valence electrons. The third kappa shape index (κ3) is 2.25. The second-order valence-electron chi connectivity index (χ2n) is 2.09. The number of hydrogen-bond acceptors (Lipinski definition) is 3. The van der Waals surface area contributed by atoms with E-state index in [1.807, 2.05) is 11.8 Å². The molecule has 0 bridgehead atoms. The van der Waals surface area contributed by atoms with Gasteiger partial charge in [-0.1, -0.05) is 0 Å². The van der Waals surface area contributed by atoms with Gasteiger partial charge in [0, 0.05) is 24.1 Å². The monoisotopic (exact) mass is 142 g/mol. The van der Waals surface area contributed by atoms with Gasteiger partial charge in [0.25, 0.3) is 0 Å². The van der Waals surface area contributed by atoms with Crippen molar-refractivity contribution >= 4 is 11.8 Å². The molecule has 0 amide bonds. The lowest BCUT2D eigenvalue weighted by Gasteiger charge is -2.19. The van der Waals surface area contributed by atoms with Gasteiger partial charge in [0.15, 0.2) is 0 Å². The molecule has 0 aromatic heterocycles. The summed E-state index contributed by atoms with van der Waals surface area (Å²) in [6.07, 6.45) is 0.660. The average Bonchev–Trinajstić information content (AvgIpc) is 1.91.